The standard InChI is InChI=1S/C19H30N2O4/c1-19(2,3)25-17(22)13-16(11-12-21(4)5)20-18(23)24-14-15-9-7-6-8-10-15/h6-10,16H,11-14H2,1-5H3,(H,20,23)/t16-/m0/s1. The van der Waals surface area contributed by atoms with Crippen LogP contribution in [0.1, 0.15) is 39.2 Å². The van der Waals surface area contributed by atoms with Gasteiger partial charge in [-0.2, -0.15) is 0 Å². The van der Waals surface area contributed by atoms with E-state index in [4.69, 9.17) is 9.47 Å². The molecule has 6 nitrogen and oxygen atoms in total. The molecule has 1 aromatic rings. The summed E-state index contributed by atoms with van der Waals surface area (Å²) in [4.78, 5) is 26.1. The van der Waals surface area contributed by atoms with E-state index in [1.165, 1.54) is 0 Å². The van der Waals surface area contributed by atoms with Gasteiger partial charge >= 0.3 is 12.1 Å². The van der Waals surface area contributed by atoms with Gasteiger partial charge in [-0.1, -0.05) is 30.3 Å². The minimum atomic E-state index is -0.545. The highest BCUT2D eigenvalue weighted by Gasteiger charge is 2.22. The summed E-state index contributed by atoms with van der Waals surface area (Å²) in [7, 11) is 3.89. The van der Waals surface area contributed by atoms with E-state index in [9.17, 15) is 9.59 Å². The number of nitrogens with zero attached hydrogens (tertiary/aromatic N) is 1. The third-order valence-corrected chi connectivity index (χ3v) is 3.29. The maximum absolute atomic E-state index is 12.0. The summed E-state index contributed by atoms with van der Waals surface area (Å²) in [5.74, 6) is -0.334. The summed E-state index contributed by atoms with van der Waals surface area (Å²) < 4.78 is 10.6. The summed E-state index contributed by atoms with van der Waals surface area (Å²) in [6, 6.07) is 9.12. The molecule has 6 heteroatoms. The van der Waals surface area contributed by atoms with Gasteiger partial charge in [-0.25, -0.2) is 4.79 Å². The third kappa shape index (κ3) is 10.4. The molecule has 1 N–H and O–H groups in total. The second-order valence-corrected chi connectivity index (χ2v) is 7.29. The van der Waals surface area contributed by atoms with E-state index in [1.807, 2.05) is 70.1 Å². The Hall–Kier alpha value is -2.08. The van der Waals surface area contributed by atoms with E-state index in [0.29, 0.717) is 6.42 Å². The Morgan fingerprint density at radius 3 is 2.36 bits per heavy atom. The van der Waals surface area contributed by atoms with E-state index >= 15 is 0 Å². The number of carbonyl (C=O) groups is 2. The number of esters is 1. The summed E-state index contributed by atoms with van der Waals surface area (Å²) in [5, 5.41) is 2.77. The van der Waals surface area contributed by atoms with Gasteiger partial charge in [-0.15, -0.1) is 0 Å². The Labute approximate surface area is 150 Å². The molecule has 0 aromatic heterocycles. The van der Waals surface area contributed by atoms with Gasteiger partial charge in [0.1, 0.15) is 12.2 Å². The lowest BCUT2D eigenvalue weighted by Crippen LogP contribution is -2.40. The molecule has 1 amide bonds. The normalized spacial score (nSPS) is 12.6. The predicted molar refractivity (Wildman–Crippen MR) is 97.2 cm³/mol. The van der Waals surface area contributed by atoms with Crippen molar-refractivity contribution in [2.75, 3.05) is 20.6 Å². The number of carbonyl (C=O) groups excluding carboxylic acids is 2. The monoisotopic (exact) mass is 350 g/mol. The van der Waals surface area contributed by atoms with Gasteiger partial charge in [0, 0.05) is 6.04 Å². The van der Waals surface area contributed by atoms with Crippen LogP contribution in [-0.2, 0) is 20.9 Å². The largest absolute Gasteiger partial charge is 0.460 e. The highest BCUT2D eigenvalue weighted by molar-refractivity contribution is 5.73. The fourth-order valence-corrected chi connectivity index (χ4v) is 2.16. The highest BCUT2D eigenvalue weighted by Crippen LogP contribution is 2.11. The SMILES string of the molecule is CN(C)CC[C@@H](CC(=O)OC(C)(C)C)NC(=O)OCc1ccccc1. The van der Waals surface area contributed by atoms with Crippen molar-refractivity contribution in [2.45, 2.75) is 51.9 Å². The minimum absolute atomic E-state index is 0.117. The first-order valence-corrected chi connectivity index (χ1v) is 8.49. The zero-order chi connectivity index (χ0) is 18.9. The fraction of sp³-hybridized carbons (Fsp3) is 0.579. The molecule has 0 radical (unpaired) electrons. The number of hydrogen-bond acceptors (Lipinski definition) is 5. The van der Waals surface area contributed by atoms with Gasteiger partial charge in [0.05, 0.1) is 6.42 Å². The van der Waals surface area contributed by atoms with Crippen LogP contribution in [0.25, 0.3) is 0 Å². The van der Waals surface area contributed by atoms with Crippen molar-refractivity contribution in [2.24, 2.45) is 0 Å². The van der Waals surface area contributed by atoms with Gasteiger partial charge < -0.3 is 19.7 Å². The zero-order valence-corrected chi connectivity index (χ0v) is 15.9. The van der Waals surface area contributed by atoms with Crippen LogP contribution in [0.3, 0.4) is 0 Å². The van der Waals surface area contributed by atoms with Crippen LogP contribution < -0.4 is 5.32 Å². The van der Waals surface area contributed by atoms with Crippen LogP contribution in [0.5, 0.6) is 0 Å². The first kappa shape index (κ1) is 21.0. The van der Waals surface area contributed by atoms with Crippen LogP contribution in [0.15, 0.2) is 30.3 Å². The van der Waals surface area contributed by atoms with Gasteiger partial charge in [-0.3, -0.25) is 4.79 Å². The maximum atomic E-state index is 12.0. The van der Waals surface area contributed by atoms with Crippen LogP contribution in [0.4, 0.5) is 4.79 Å². The van der Waals surface area contributed by atoms with Crippen LogP contribution in [-0.4, -0.2) is 49.2 Å². The van der Waals surface area contributed by atoms with Crippen LogP contribution in [0, 0.1) is 0 Å². The number of rotatable bonds is 8. The average molecular weight is 350 g/mol. The summed E-state index contributed by atoms with van der Waals surface area (Å²) in [6.45, 7) is 6.40. The number of benzene rings is 1. The average Bonchev–Trinajstić information content (AvgIpc) is 2.49. The molecule has 1 atom stereocenters. The summed E-state index contributed by atoms with van der Waals surface area (Å²) >= 11 is 0. The topological polar surface area (TPSA) is 67.9 Å². The number of nitrogens with one attached hydrogen (secondary N) is 1. The first-order chi connectivity index (χ1) is 11.7. The first-order valence-electron chi connectivity index (χ1n) is 8.49. The number of ether oxygens (including phenoxy) is 2. The number of amides is 1. The van der Waals surface area contributed by atoms with Gasteiger partial charge in [0.2, 0.25) is 0 Å². The maximum Gasteiger partial charge on any atom is 0.407 e. The summed E-state index contributed by atoms with van der Waals surface area (Å²) in [6.07, 6.45) is 0.217. The van der Waals surface area contributed by atoms with Gasteiger partial charge in [0.25, 0.3) is 0 Å². The minimum Gasteiger partial charge on any atom is -0.460 e. The Balaban J connectivity index is 2.53. The second-order valence-electron chi connectivity index (χ2n) is 7.29. The number of alkyl carbamates (subject to hydrolysis) is 1. The Bertz CT molecular complexity index is 538. The molecule has 0 aliphatic rings. The van der Waals surface area contributed by atoms with E-state index in [2.05, 4.69) is 5.32 Å². The molecule has 25 heavy (non-hydrogen) atoms. The molecule has 0 fully saturated rings. The van der Waals surface area contributed by atoms with Crippen molar-refractivity contribution in [3.8, 4) is 0 Å². The molecule has 140 valence electrons. The summed E-state index contributed by atoms with van der Waals surface area (Å²) in [5.41, 5.74) is 0.367. The molecular formula is C19H30N2O4. The third-order valence-electron chi connectivity index (χ3n) is 3.29. The van der Waals surface area contributed by atoms with Crippen molar-refractivity contribution in [1.82, 2.24) is 10.2 Å². The smallest absolute Gasteiger partial charge is 0.407 e. The Morgan fingerprint density at radius 2 is 1.80 bits per heavy atom. The lowest BCUT2D eigenvalue weighted by atomic mass is 10.1. The molecular weight excluding hydrogens is 320 g/mol. The molecule has 0 saturated heterocycles. The van der Waals surface area contributed by atoms with Gasteiger partial charge in [-0.05, 0) is 53.4 Å². The zero-order valence-electron chi connectivity index (χ0n) is 15.9. The molecule has 0 aliphatic carbocycles. The van der Waals surface area contributed by atoms with Crippen molar-refractivity contribution in [3.05, 3.63) is 35.9 Å². The number of hydrogen-bond donors (Lipinski definition) is 1. The van der Waals surface area contributed by atoms with Crippen molar-refractivity contribution in [3.63, 3.8) is 0 Å². The van der Waals surface area contributed by atoms with Crippen LogP contribution >= 0.6 is 0 Å². The molecule has 0 heterocycles. The van der Waals surface area contributed by atoms with Crippen molar-refractivity contribution < 1.29 is 19.1 Å². The lowest BCUT2D eigenvalue weighted by Gasteiger charge is -2.23. The van der Waals surface area contributed by atoms with Crippen LogP contribution in [0.2, 0.25) is 0 Å². The second kappa shape index (κ2) is 10.0. The fourth-order valence-electron chi connectivity index (χ4n) is 2.16. The van der Waals surface area contributed by atoms with E-state index in [1.54, 1.807) is 0 Å². The molecule has 0 saturated carbocycles. The van der Waals surface area contributed by atoms with Gasteiger partial charge in [0.15, 0.2) is 0 Å². The quantitative estimate of drug-likeness (QED) is 0.730. The van der Waals surface area contributed by atoms with E-state index < -0.39 is 11.7 Å². The molecule has 0 bridgehead atoms. The lowest BCUT2D eigenvalue weighted by molar-refractivity contribution is -0.155. The van der Waals surface area contributed by atoms with Crippen molar-refractivity contribution in [1.29, 1.82) is 0 Å². The Kier molecular flexibility index (Phi) is 8.41. The van der Waals surface area contributed by atoms with E-state index in [-0.39, 0.29) is 25.0 Å². The molecule has 0 unspecified atom stereocenters. The molecule has 1 aromatic carbocycles. The highest BCUT2D eigenvalue weighted by atomic mass is 16.6. The predicted octanol–water partition coefficient (Wildman–Crippen LogP) is 2.96. The molecule has 1 rings (SSSR count). The van der Waals surface area contributed by atoms with Crippen molar-refractivity contribution >= 4 is 12.1 Å². The molecule has 0 aliphatic heterocycles. The van der Waals surface area contributed by atoms with E-state index in [0.717, 1.165) is 12.1 Å². The molecule has 0 spiro atoms. The Morgan fingerprint density at radius 1 is 1.16 bits per heavy atom.